The molecule has 0 aromatic carbocycles. The van der Waals surface area contributed by atoms with E-state index < -0.39 is 0 Å². The zero-order valence-electron chi connectivity index (χ0n) is 9.94. The largest absolute Gasteiger partial charge is 0.388 e. The Kier molecular flexibility index (Phi) is 2.55. The van der Waals surface area contributed by atoms with Crippen LogP contribution in [0.2, 0.25) is 0 Å². The first-order valence-corrected chi connectivity index (χ1v) is 7.12. The molecule has 0 radical (unpaired) electrons. The maximum Gasteiger partial charge on any atom is 0.0965 e. The number of aryl methyl sites for hydroxylation is 1. The summed E-state index contributed by atoms with van der Waals surface area (Å²) < 4.78 is 0. The third-order valence-electron chi connectivity index (χ3n) is 4.28. The Morgan fingerprint density at radius 3 is 2.69 bits per heavy atom. The predicted molar refractivity (Wildman–Crippen MR) is 65.7 cm³/mol. The quantitative estimate of drug-likeness (QED) is 0.855. The average molecular weight is 237 g/mol. The van der Waals surface area contributed by atoms with Crippen molar-refractivity contribution in [1.82, 2.24) is 4.98 Å². The third kappa shape index (κ3) is 1.61. The number of thiazole rings is 1. The molecular formula is C13H19NOS. The van der Waals surface area contributed by atoms with Gasteiger partial charge in [0.25, 0.3) is 0 Å². The average Bonchev–Trinajstić information content (AvgIpc) is 2.89. The molecule has 0 amide bonds. The summed E-state index contributed by atoms with van der Waals surface area (Å²) in [6, 6.07) is 0. The molecule has 16 heavy (non-hydrogen) atoms. The number of rotatable bonds is 2. The van der Waals surface area contributed by atoms with Crippen LogP contribution >= 0.6 is 11.3 Å². The van der Waals surface area contributed by atoms with Gasteiger partial charge < -0.3 is 5.11 Å². The van der Waals surface area contributed by atoms with Gasteiger partial charge in [-0.1, -0.05) is 6.42 Å². The molecule has 2 aliphatic carbocycles. The Balaban J connectivity index is 1.87. The van der Waals surface area contributed by atoms with Gasteiger partial charge in [-0.05, 0) is 44.9 Å². The second-order valence-electron chi connectivity index (χ2n) is 5.46. The van der Waals surface area contributed by atoms with Gasteiger partial charge in [-0.3, -0.25) is 0 Å². The summed E-state index contributed by atoms with van der Waals surface area (Å²) in [6.07, 6.45) is 5.25. The molecule has 1 aromatic heterocycles. The van der Waals surface area contributed by atoms with Gasteiger partial charge in [-0.2, -0.15) is 0 Å². The minimum absolute atomic E-state index is 0.357. The first-order chi connectivity index (χ1) is 7.65. The molecule has 0 saturated heterocycles. The fourth-order valence-corrected chi connectivity index (χ4v) is 4.73. The van der Waals surface area contributed by atoms with E-state index in [-0.39, 0.29) is 6.10 Å². The Morgan fingerprint density at radius 1 is 1.38 bits per heavy atom. The van der Waals surface area contributed by atoms with Crippen LogP contribution in [0.15, 0.2) is 0 Å². The summed E-state index contributed by atoms with van der Waals surface area (Å²) in [5.74, 6) is 2.56. The standard InChI is InChI=1S/C13H19NOS/c1-7-12(8(2)15)16-13(14-7)11-6-9-3-4-10(11)5-9/h8-11,15H,3-6H2,1-2H3. The summed E-state index contributed by atoms with van der Waals surface area (Å²) in [7, 11) is 0. The van der Waals surface area contributed by atoms with Gasteiger partial charge in [-0.15, -0.1) is 11.3 Å². The van der Waals surface area contributed by atoms with Crippen molar-refractivity contribution in [3.63, 3.8) is 0 Å². The predicted octanol–water partition coefficient (Wildman–Crippen LogP) is 3.41. The number of nitrogens with zero attached hydrogens (tertiary/aromatic N) is 1. The molecule has 0 aliphatic heterocycles. The third-order valence-corrected chi connectivity index (χ3v) is 5.74. The Bertz CT molecular complexity index is 399. The SMILES string of the molecule is Cc1nc(C2CC3CCC2C3)sc1C(C)O. The maximum atomic E-state index is 9.66. The van der Waals surface area contributed by atoms with E-state index in [9.17, 15) is 5.11 Å². The molecule has 2 fully saturated rings. The van der Waals surface area contributed by atoms with E-state index >= 15 is 0 Å². The van der Waals surface area contributed by atoms with Crippen LogP contribution in [0.4, 0.5) is 0 Å². The number of aliphatic hydroxyl groups excluding tert-OH is 1. The van der Waals surface area contributed by atoms with Crippen molar-refractivity contribution in [3.05, 3.63) is 15.6 Å². The van der Waals surface area contributed by atoms with Crippen LogP contribution in [0.1, 0.15) is 60.2 Å². The topological polar surface area (TPSA) is 33.1 Å². The molecule has 2 saturated carbocycles. The van der Waals surface area contributed by atoms with Gasteiger partial charge in [0, 0.05) is 5.92 Å². The van der Waals surface area contributed by atoms with Gasteiger partial charge in [0.2, 0.25) is 0 Å². The highest BCUT2D eigenvalue weighted by atomic mass is 32.1. The lowest BCUT2D eigenvalue weighted by atomic mass is 9.89. The van der Waals surface area contributed by atoms with E-state index in [1.807, 2.05) is 13.8 Å². The normalized spacial score (nSPS) is 34.6. The summed E-state index contributed by atoms with van der Waals surface area (Å²) >= 11 is 1.74. The zero-order chi connectivity index (χ0) is 11.3. The smallest absolute Gasteiger partial charge is 0.0965 e. The van der Waals surface area contributed by atoms with E-state index in [4.69, 9.17) is 4.98 Å². The van der Waals surface area contributed by atoms with Crippen LogP contribution in [0.5, 0.6) is 0 Å². The van der Waals surface area contributed by atoms with Crippen LogP contribution in [0.25, 0.3) is 0 Å². The van der Waals surface area contributed by atoms with Crippen molar-refractivity contribution in [3.8, 4) is 0 Å². The highest BCUT2D eigenvalue weighted by Crippen LogP contribution is 2.53. The number of hydrogen-bond donors (Lipinski definition) is 1. The van der Waals surface area contributed by atoms with E-state index in [0.717, 1.165) is 22.4 Å². The highest BCUT2D eigenvalue weighted by molar-refractivity contribution is 7.11. The van der Waals surface area contributed by atoms with Crippen molar-refractivity contribution < 1.29 is 5.11 Å². The minimum Gasteiger partial charge on any atom is -0.388 e. The minimum atomic E-state index is -0.357. The fourth-order valence-electron chi connectivity index (χ4n) is 3.52. The molecule has 3 heteroatoms. The van der Waals surface area contributed by atoms with Gasteiger partial charge in [0.05, 0.1) is 21.7 Å². The van der Waals surface area contributed by atoms with Crippen LogP contribution in [-0.2, 0) is 0 Å². The molecule has 88 valence electrons. The maximum absolute atomic E-state index is 9.66. The van der Waals surface area contributed by atoms with Gasteiger partial charge >= 0.3 is 0 Å². The van der Waals surface area contributed by atoms with Crippen LogP contribution in [-0.4, -0.2) is 10.1 Å². The molecule has 0 spiro atoms. The van der Waals surface area contributed by atoms with Crippen LogP contribution < -0.4 is 0 Å². The van der Waals surface area contributed by atoms with Crippen molar-refractivity contribution in [1.29, 1.82) is 0 Å². The second-order valence-corrected chi connectivity index (χ2v) is 6.52. The summed E-state index contributed by atoms with van der Waals surface area (Å²) in [6.45, 7) is 3.86. The van der Waals surface area contributed by atoms with E-state index in [0.29, 0.717) is 5.92 Å². The molecule has 2 aliphatic rings. The van der Waals surface area contributed by atoms with Crippen molar-refractivity contribution >= 4 is 11.3 Å². The van der Waals surface area contributed by atoms with E-state index in [1.165, 1.54) is 30.7 Å². The lowest BCUT2D eigenvalue weighted by Gasteiger charge is -2.18. The Labute approximate surface area is 101 Å². The summed E-state index contributed by atoms with van der Waals surface area (Å²) in [5, 5.41) is 11.0. The molecule has 2 nitrogen and oxygen atoms in total. The van der Waals surface area contributed by atoms with Crippen molar-refractivity contribution in [2.24, 2.45) is 11.8 Å². The lowest BCUT2D eigenvalue weighted by Crippen LogP contribution is -2.07. The summed E-state index contributed by atoms with van der Waals surface area (Å²) in [5.41, 5.74) is 1.04. The van der Waals surface area contributed by atoms with Crippen molar-refractivity contribution in [2.45, 2.75) is 51.6 Å². The van der Waals surface area contributed by atoms with Gasteiger partial charge in [-0.25, -0.2) is 4.98 Å². The zero-order valence-corrected chi connectivity index (χ0v) is 10.8. The molecule has 4 atom stereocenters. The molecule has 1 N–H and O–H groups in total. The first kappa shape index (κ1) is 10.7. The number of hydrogen-bond acceptors (Lipinski definition) is 3. The monoisotopic (exact) mass is 237 g/mol. The Morgan fingerprint density at radius 2 is 2.19 bits per heavy atom. The fraction of sp³-hybridized carbons (Fsp3) is 0.769. The second kappa shape index (κ2) is 3.81. The van der Waals surface area contributed by atoms with E-state index in [1.54, 1.807) is 11.3 Å². The highest BCUT2D eigenvalue weighted by Gasteiger charge is 2.41. The van der Waals surface area contributed by atoms with E-state index in [2.05, 4.69) is 0 Å². The number of aromatic nitrogens is 1. The van der Waals surface area contributed by atoms with Crippen LogP contribution in [0.3, 0.4) is 0 Å². The molecule has 1 aromatic rings. The summed E-state index contributed by atoms with van der Waals surface area (Å²) in [4.78, 5) is 5.76. The molecular weight excluding hydrogens is 218 g/mol. The first-order valence-electron chi connectivity index (χ1n) is 6.30. The molecule has 4 unspecified atom stereocenters. The molecule has 3 rings (SSSR count). The number of fused-ring (bicyclic) bond motifs is 2. The lowest BCUT2D eigenvalue weighted by molar-refractivity contribution is 0.202. The molecule has 1 heterocycles. The van der Waals surface area contributed by atoms with Gasteiger partial charge in [0.15, 0.2) is 0 Å². The Hall–Kier alpha value is -0.410. The van der Waals surface area contributed by atoms with Crippen LogP contribution in [0, 0.1) is 18.8 Å². The number of aliphatic hydroxyl groups is 1. The van der Waals surface area contributed by atoms with Crippen molar-refractivity contribution in [2.75, 3.05) is 0 Å². The molecule has 2 bridgehead atoms. The van der Waals surface area contributed by atoms with Gasteiger partial charge in [0.1, 0.15) is 0 Å².